The third-order valence-corrected chi connectivity index (χ3v) is 3.20. The van der Waals surface area contributed by atoms with Crippen LogP contribution in [0.3, 0.4) is 0 Å². The molecule has 0 spiro atoms. The number of nitrogens with zero attached hydrogens (tertiary/aromatic N) is 1. The Morgan fingerprint density at radius 3 is 2.44 bits per heavy atom. The molecule has 1 amide bonds. The van der Waals surface area contributed by atoms with E-state index in [2.05, 4.69) is 15.6 Å². The van der Waals surface area contributed by atoms with E-state index in [1.54, 1.807) is 43.3 Å². The maximum atomic E-state index is 12.4. The largest absolute Gasteiger partial charge is 0.462 e. The van der Waals surface area contributed by atoms with Crippen molar-refractivity contribution < 1.29 is 14.3 Å². The summed E-state index contributed by atoms with van der Waals surface area (Å²) in [6, 6.07) is 10.2. The zero-order chi connectivity index (χ0) is 18.4. The first-order valence-electron chi connectivity index (χ1n) is 8.12. The van der Waals surface area contributed by atoms with E-state index in [1.807, 2.05) is 20.8 Å². The molecular formula is C19H23N3O3. The number of benzene rings is 1. The maximum Gasteiger partial charge on any atom is 0.340 e. The molecule has 25 heavy (non-hydrogen) atoms. The number of hydrogen-bond donors (Lipinski definition) is 2. The van der Waals surface area contributed by atoms with Gasteiger partial charge in [0, 0.05) is 11.7 Å². The van der Waals surface area contributed by atoms with Gasteiger partial charge in [0.15, 0.2) is 0 Å². The third kappa shape index (κ3) is 5.31. The van der Waals surface area contributed by atoms with E-state index in [4.69, 9.17) is 4.74 Å². The summed E-state index contributed by atoms with van der Waals surface area (Å²) in [6.45, 7) is 8.09. The Balaban J connectivity index is 2.14. The van der Waals surface area contributed by atoms with Crippen LogP contribution in [0.4, 0.5) is 11.5 Å². The second kappa shape index (κ2) is 7.79. The molecule has 2 aromatic rings. The fourth-order valence-electron chi connectivity index (χ4n) is 2.16. The van der Waals surface area contributed by atoms with Gasteiger partial charge in [-0.25, -0.2) is 9.78 Å². The molecule has 0 bridgehead atoms. The third-order valence-electron chi connectivity index (χ3n) is 3.20. The zero-order valence-corrected chi connectivity index (χ0v) is 14.9. The highest BCUT2D eigenvalue weighted by Crippen LogP contribution is 2.18. The monoisotopic (exact) mass is 341 g/mol. The van der Waals surface area contributed by atoms with Crippen LogP contribution in [0, 0.1) is 0 Å². The van der Waals surface area contributed by atoms with E-state index in [9.17, 15) is 9.59 Å². The number of amides is 1. The van der Waals surface area contributed by atoms with Crippen LogP contribution >= 0.6 is 0 Å². The summed E-state index contributed by atoms with van der Waals surface area (Å²) in [7, 11) is 0. The Kier molecular flexibility index (Phi) is 5.75. The van der Waals surface area contributed by atoms with E-state index in [-0.39, 0.29) is 18.1 Å². The van der Waals surface area contributed by atoms with Crippen LogP contribution < -0.4 is 10.6 Å². The molecule has 132 valence electrons. The molecule has 1 aromatic carbocycles. The zero-order valence-electron chi connectivity index (χ0n) is 14.9. The van der Waals surface area contributed by atoms with Gasteiger partial charge in [0.25, 0.3) is 5.91 Å². The molecule has 0 aliphatic rings. The number of ether oxygens (including phenoxy) is 1. The number of pyridine rings is 1. The van der Waals surface area contributed by atoms with Gasteiger partial charge < -0.3 is 15.4 Å². The summed E-state index contributed by atoms with van der Waals surface area (Å²) < 4.78 is 5.01. The SMILES string of the molecule is CCOC(=O)c1ccccc1NC(=O)c1ccc(NC(C)(C)C)nc1. The Morgan fingerprint density at radius 2 is 1.84 bits per heavy atom. The highest BCUT2D eigenvalue weighted by Gasteiger charge is 2.15. The fourth-order valence-corrected chi connectivity index (χ4v) is 2.16. The molecule has 1 heterocycles. The van der Waals surface area contributed by atoms with Crippen molar-refractivity contribution >= 4 is 23.4 Å². The number of hydrogen-bond acceptors (Lipinski definition) is 5. The van der Waals surface area contributed by atoms with Crippen molar-refractivity contribution in [2.24, 2.45) is 0 Å². The van der Waals surface area contributed by atoms with E-state index < -0.39 is 5.97 Å². The van der Waals surface area contributed by atoms with E-state index in [0.717, 1.165) is 0 Å². The number of anilines is 2. The average Bonchev–Trinajstić information content (AvgIpc) is 2.54. The maximum absolute atomic E-state index is 12.4. The predicted molar refractivity (Wildman–Crippen MR) is 98.0 cm³/mol. The number of carbonyl (C=O) groups excluding carboxylic acids is 2. The van der Waals surface area contributed by atoms with Crippen molar-refractivity contribution in [3.8, 4) is 0 Å². The lowest BCUT2D eigenvalue weighted by molar-refractivity contribution is 0.0527. The number of aromatic nitrogens is 1. The Morgan fingerprint density at radius 1 is 1.12 bits per heavy atom. The van der Waals surface area contributed by atoms with Gasteiger partial charge in [-0.15, -0.1) is 0 Å². The van der Waals surface area contributed by atoms with Crippen LogP contribution in [0.15, 0.2) is 42.6 Å². The lowest BCUT2D eigenvalue weighted by atomic mass is 10.1. The number of rotatable bonds is 5. The number of carbonyl (C=O) groups is 2. The standard InChI is InChI=1S/C19H23N3O3/c1-5-25-18(24)14-8-6-7-9-15(14)21-17(23)13-10-11-16(20-12-13)22-19(2,3)4/h6-12H,5H2,1-4H3,(H,20,22)(H,21,23). The average molecular weight is 341 g/mol. The molecule has 2 rings (SSSR count). The normalized spacial score (nSPS) is 10.9. The van der Waals surface area contributed by atoms with Crippen LogP contribution in [-0.2, 0) is 4.74 Å². The first-order valence-corrected chi connectivity index (χ1v) is 8.12. The van der Waals surface area contributed by atoms with Crippen molar-refractivity contribution in [2.75, 3.05) is 17.2 Å². The molecule has 6 heteroatoms. The van der Waals surface area contributed by atoms with Crippen molar-refractivity contribution in [2.45, 2.75) is 33.2 Å². The molecule has 0 fully saturated rings. The highest BCUT2D eigenvalue weighted by molar-refractivity contribution is 6.07. The van der Waals surface area contributed by atoms with Crippen LogP contribution in [0.1, 0.15) is 48.4 Å². The predicted octanol–water partition coefficient (Wildman–Crippen LogP) is 3.72. The smallest absolute Gasteiger partial charge is 0.340 e. The summed E-state index contributed by atoms with van der Waals surface area (Å²) in [5.41, 5.74) is 1.01. The molecule has 0 atom stereocenters. The molecule has 0 aliphatic carbocycles. The first-order chi connectivity index (χ1) is 11.8. The van der Waals surface area contributed by atoms with E-state index in [1.165, 1.54) is 6.20 Å². The molecule has 1 aromatic heterocycles. The molecule has 0 saturated heterocycles. The second-order valence-electron chi connectivity index (χ2n) is 6.53. The number of nitrogens with one attached hydrogen (secondary N) is 2. The summed E-state index contributed by atoms with van der Waals surface area (Å²) in [6.07, 6.45) is 1.50. The van der Waals surface area contributed by atoms with Gasteiger partial charge in [-0.1, -0.05) is 12.1 Å². The van der Waals surface area contributed by atoms with Crippen molar-refractivity contribution in [3.63, 3.8) is 0 Å². The van der Waals surface area contributed by atoms with Crippen LogP contribution in [-0.4, -0.2) is 29.0 Å². The Hall–Kier alpha value is -2.89. The van der Waals surface area contributed by atoms with Gasteiger partial charge in [0.1, 0.15) is 5.82 Å². The van der Waals surface area contributed by atoms with E-state index >= 15 is 0 Å². The van der Waals surface area contributed by atoms with Gasteiger partial charge in [-0.3, -0.25) is 4.79 Å². The van der Waals surface area contributed by atoms with Gasteiger partial charge in [0.05, 0.1) is 23.4 Å². The minimum absolute atomic E-state index is 0.116. The summed E-state index contributed by atoms with van der Waals surface area (Å²) >= 11 is 0. The molecule has 0 saturated carbocycles. The minimum Gasteiger partial charge on any atom is -0.462 e. The van der Waals surface area contributed by atoms with Gasteiger partial charge in [-0.05, 0) is 52.0 Å². The highest BCUT2D eigenvalue weighted by atomic mass is 16.5. The lowest BCUT2D eigenvalue weighted by Crippen LogP contribution is -2.26. The summed E-state index contributed by atoms with van der Waals surface area (Å²) in [5.74, 6) is -0.121. The van der Waals surface area contributed by atoms with E-state index in [0.29, 0.717) is 22.6 Å². The second-order valence-corrected chi connectivity index (χ2v) is 6.53. The van der Waals surface area contributed by atoms with Crippen LogP contribution in [0.25, 0.3) is 0 Å². The lowest BCUT2D eigenvalue weighted by Gasteiger charge is -2.21. The summed E-state index contributed by atoms with van der Waals surface area (Å²) in [5, 5.41) is 5.96. The number of para-hydroxylation sites is 1. The molecule has 0 radical (unpaired) electrons. The molecule has 0 unspecified atom stereocenters. The van der Waals surface area contributed by atoms with Gasteiger partial charge >= 0.3 is 5.97 Å². The van der Waals surface area contributed by atoms with Crippen LogP contribution in [0.5, 0.6) is 0 Å². The topological polar surface area (TPSA) is 80.3 Å². The summed E-state index contributed by atoms with van der Waals surface area (Å²) in [4.78, 5) is 28.6. The fraction of sp³-hybridized carbons (Fsp3) is 0.316. The Bertz CT molecular complexity index is 749. The molecular weight excluding hydrogens is 318 g/mol. The van der Waals surface area contributed by atoms with Gasteiger partial charge in [0.2, 0.25) is 0 Å². The molecule has 2 N–H and O–H groups in total. The van der Waals surface area contributed by atoms with Crippen molar-refractivity contribution in [1.29, 1.82) is 0 Å². The Labute approximate surface area is 147 Å². The molecule has 6 nitrogen and oxygen atoms in total. The number of esters is 1. The van der Waals surface area contributed by atoms with Gasteiger partial charge in [-0.2, -0.15) is 0 Å². The van der Waals surface area contributed by atoms with Crippen molar-refractivity contribution in [1.82, 2.24) is 4.98 Å². The minimum atomic E-state index is -0.471. The van der Waals surface area contributed by atoms with Crippen molar-refractivity contribution in [3.05, 3.63) is 53.7 Å². The van der Waals surface area contributed by atoms with Crippen LogP contribution in [0.2, 0.25) is 0 Å². The first kappa shape index (κ1) is 18.4. The quantitative estimate of drug-likeness (QED) is 0.810. The molecule has 0 aliphatic heterocycles.